The molecule has 0 amide bonds. The van der Waals surface area contributed by atoms with Crippen LogP contribution in [0.15, 0.2) is 0 Å². The van der Waals surface area contributed by atoms with Gasteiger partial charge in [-0.1, -0.05) is 33.1 Å². The van der Waals surface area contributed by atoms with Crippen LogP contribution in [0.2, 0.25) is 0 Å². The molecule has 2 N–H and O–H groups in total. The van der Waals surface area contributed by atoms with Gasteiger partial charge in [-0.05, 0) is 38.0 Å². The number of rotatable bonds is 5. The first kappa shape index (κ1) is 13.4. The van der Waals surface area contributed by atoms with E-state index in [1.54, 1.807) is 0 Å². The Kier molecular flexibility index (Phi) is 4.48. The van der Waals surface area contributed by atoms with Crippen molar-refractivity contribution < 1.29 is 4.74 Å². The quantitative estimate of drug-likeness (QED) is 0.797. The molecule has 2 atom stereocenters. The number of hydrogen-bond donors (Lipinski definition) is 1. The summed E-state index contributed by atoms with van der Waals surface area (Å²) in [5.41, 5.74) is 6.48. The van der Waals surface area contributed by atoms with Gasteiger partial charge in [0.25, 0.3) is 0 Å². The van der Waals surface area contributed by atoms with E-state index in [1.165, 1.54) is 44.9 Å². The second-order valence-corrected chi connectivity index (χ2v) is 6.11. The maximum absolute atomic E-state index is 6.21. The lowest BCUT2D eigenvalue weighted by molar-refractivity contribution is -0.140. The summed E-state index contributed by atoms with van der Waals surface area (Å²) in [6.45, 7) is 5.51. The molecule has 2 aliphatic rings. The van der Waals surface area contributed by atoms with Crippen LogP contribution in [0.25, 0.3) is 0 Å². The largest absolute Gasteiger partial charge is 0.377 e. The average Bonchev–Trinajstić information content (AvgIpc) is 2.37. The molecule has 2 unspecified atom stereocenters. The topological polar surface area (TPSA) is 35.2 Å². The van der Waals surface area contributed by atoms with Crippen molar-refractivity contribution in [1.82, 2.24) is 0 Å². The zero-order valence-electron chi connectivity index (χ0n) is 11.6. The summed E-state index contributed by atoms with van der Waals surface area (Å²) in [7, 11) is 0. The molecule has 0 spiro atoms. The third-order valence-electron chi connectivity index (χ3n) is 5.42. The first-order valence-corrected chi connectivity index (χ1v) is 7.60. The summed E-state index contributed by atoms with van der Waals surface area (Å²) < 4.78 is 6.21. The third kappa shape index (κ3) is 2.53. The maximum Gasteiger partial charge on any atom is 0.0661 e. The second kappa shape index (κ2) is 5.71. The van der Waals surface area contributed by atoms with Crippen molar-refractivity contribution >= 4 is 0 Å². The smallest absolute Gasteiger partial charge is 0.0661 e. The van der Waals surface area contributed by atoms with E-state index in [0.29, 0.717) is 12.1 Å². The molecule has 0 bridgehead atoms. The predicted octanol–water partition coefficient (Wildman–Crippen LogP) is 3.49. The standard InChI is InChI=1S/C15H29NO/c1-3-15(4-2)13(16)10-14(15)17-11-12-8-6-5-7-9-12/h12-14H,3-11,16H2,1-2H3. The zero-order chi connectivity index (χ0) is 12.3. The van der Waals surface area contributed by atoms with Crippen LogP contribution >= 0.6 is 0 Å². The van der Waals surface area contributed by atoms with E-state index in [9.17, 15) is 0 Å². The maximum atomic E-state index is 6.21. The van der Waals surface area contributed by atoms with E-state index in [4.69, 9.17) is 10.5 Å². The van der Waals surface area contributed by atoms with Crippen LogP contribution < -0.4 is 5.73 Å². The van der Waals surface area contributed by atoms with Crippen LogP contribution in [-0.2, 0) is 4.74 Å². The molecular formula is C15H29NO. The zero-order valence-corrected chi connectivity index (χ0v) is 11.6. The van der Waals surface area contributed by atoms with Crippen molar-refractivity contribution in [3.63, 3.8) is 0 Å². The van der Waals surface area contributed by atoms with E-state index in [2.05, 4.69) is 13.8 Å². The summed E-state index contributed by atoms with van der Waals surface area (Å²) in [6.07, 6.45) is 10.9. The van der Waals surface area contributed by atoms with Gasteiger partial charge >= 0.3 is 0 Å². The fraction of sp³-hybridized carbons (Fsp3) is 1.00. The lowest BCUT2D eigenvalue weighted by Crippen LogP contribution is -2.61. The number of hydrogen-bond acceptors (Lipinski definition) is 2. The van der Waals surface area contributed by atoms with E-state index in [0.717, 1.165) is 18.9 Å². The molecule has 0 aromatic rings. The van der Waals surface area contributed by atoms with Gasteiger partial charge in [0.05, 0.1) is 6.10 Å². The van der Waals surface area contributed by atoms with E-state index in [1.807, 2.05) is 0 Å². The molecule has 17 heavy (non-hydrogen) atoms. The average molecular weight is 239 g/mol. The summed E-state index contributed by atoms with van der Waals surface area (Å²) in [5, 5.41) is 0. The Bertz CT molecular complexity index is 231. The van der Waals surface area contributed by atoms with Gasteiger partial charge in [0.15, 0.2) is 0 Å². The molecule has 0 aromatic heterocycles. The minimum absolute atomic E-state index is 0.286. The molecule has 0 aromatic carbocycles. The molecule has 0 heterocycles. The first-order chi connectivity index (χ1) is 8.23. The second-order valence-electron chi connectivity index (χ2n) is 6.11. The van der Waals surface area contributed by atoms with Crippen LogP contribution in [0.3, 0.4) is 0 Å². The van der Waals surface area contributed by atoms with Crippen LogP contribution in [0.1, 0.15) is 65.2 Å². The lowest BCUT2D eigenvalue weighted by atomic mass is 9.59. The monoisotopic (exact) mass is 239 g/mol. The Balaban J connectivity index is 1.79. The van der Waals surface area contributed by atoms with Crippen LogP contribution in [0.5, 0.6) is 0 Å². The van der Waals surface area contributed by atoms with Gasteiger partial charge in [-0.3, -0.25) is 0 Å². The highest BCUT2D eigenvalue weighted by molar-refractivity contribution is 5.05. The Hall–Kier alpha value is -0.0800. The van der Waals surface area contributed by atoms with Crippen molar-refractivity contribution in [3.05, 3.63) is 0 Å². The molecule has 2 heteroatoms. The molecule has 2 aliphatic carbocycles. The fourth-order valence-corrected chi connectivity index (χ4v) is 3.85. The summed E-state index contributed by atoms with van der Waals surface area (Å²) >= 11 is 0. The molecule has 0 saturated heterocycles. The molecule has 2 nitrogen and oxygen atoms in total. The van der Waals surface area contributed by atoms with Crippen LogP contribution in [-0.4, -0.2) is 18.8 Å². The van der Waals surface area contributed by atoms with Crippen molar-refractivity contribution in [2.45, 2.75) is 77.4 Å². The van der Waals surface area contributed by atoms with E-state index >= 15 is 0 Å². The normalized spacial score (nSPS) is 33.4. The summed E-state index contributed by atoms with van der Waals surface area (Å²) in [5.74, 6) is 0.826. The molecule has 100 valence electrons. The molecule has 2 rings (SSSR count). The Morgan fingerprint density at radius 1 is 1.12 bits per heavy atom. The van der Waals surface area contributed by atoms with E-state index < -0.39 is 0 Å². The Morgan fingerprint density at radius 2 is 1.76 bits per heavy atom. The predicted molar refractivity (Wildman–Crippen MR) is 71.9 cm³/mol. The molecule has 2 saturated carbocycles. The van der Waals surface area contributed by atoms with Crippen molar-refractivity contribution in [2.24, 2.45) is 17.1 Å². The molecule has 2 fully saturated rings. The van der Waals surface area contributed by atoms with Gasteiger partial charge in [0.1, 0.15) is 0 Å². The molecular weight excluding hydrogens is 210 g/mol. The number of ether oxygens (including phenoxy) is 1. The molecule has 0 aliphatic heterocycles. The third-order valence-corrected chi connectivity index (χ3v) is 5.42. The Labute approximate surface area is 106 Å². The van der Waals surface area contributed by atoms with E-state index in [-0.39, 0.29) is 5.41 Å². The van der Waals surface area contributed by atoms with Crippen molar-refractivity contribution in [2.75, 3.05) is 6.61 Å². The van der Waals surface area contributed by atoms with Gasteiger partial charge in [-0.2, -0.15) is 0 Å². The molecule has 0 radical (unpaired) electrons. The summed E-state index contributed by atoms with van der Waals surface area (Å²) in [6, 6.07) is 0.369. The van der Waals surface area contributed by atoms with Gasteiger partial charge in [0, 0.05) is 18.1 Å². The Morgan fingerprint density at radius 3 is 2.29 bits per heavy atom. The fourth-order valence-electron chi connectivity index (χ4n) is 3.85. The highest BCUT2D eigenvalue weighted by Crippen LogP contribution is 2.48. The van der Waals surface area contributed by atoms with Crippen molar-refractivity contribution in [3.8, 4) is 0 Å². The van der Waals surface area contributed by atoms with Gasteiger partial charge < -0.3 is 10.5 Å². The number of nitrogens with two attached hydrogens (primary N) is 1. The van der Waals surface area contributed by atoms with Gasteiger partial charge in [-0.15, -0.1) is 0 Å². The first-order valence-electron chi connectivity index (χ1n) is 7.60. The highest BCUT2D eigenvalue weighted by Gasteiger charge is 2.51. The highest BCUT2D eigenvalue weighted by atomic mass is 16.5. The van der Waals surface area contributed by atoms with Gasteiger partial charge in [0.2, 0.25) is 0 Å². The van der Waals surface area contributed by atoms with Gasteiger partial charge in [-0.25, -0.2) is 0 Å². The lowest BCUT2D eigenvalue weighted by Gasteiger charge is -2.54. The minimum Gasteiger partial charge on any atom is -0.377 e. The van der Waals surface area contributed by atoms with Crippen molar-refractivity contribution in [1.29, 1.82) is 0 Å². The van der Waals surface area contributed by atoms with Crippen LogP contribution in [0, 0.1) is 11.3 Å². The minimum atomic E-state index is 0.286. The SMILES string of the molecule is CCC1(CC)C(N)CC1OCC1CCCCC1. The van der Waals surface area contributed by atoms with Crippen LogP contribution in [0.4, 0.5) is 0 Å². The summed E-state index contributed by atoms with van der Waals surface area (Å²) in [4.78, 5) is 0.